The van der Waals surface area contributed by atoms with Crippen LogP contribution in [-0.2, 0) is 0 Å². The van der Waals surface area contributed by atoms with Gasteiger partial charge in [0.2, 0.25) is 0 Å². The molecule has 0 aliphatic heterocycles. The molecule has 0 heterocycles. The monoisotopic (exact) mass is 121 g/mol. The predicted molar refractivity (Wildman–Crippen MR) is 38.4 cm³/mol. The molecule has 1 aliphatic rings. The molecule has 1 saturated carbocycles. The van der Waals surface area contributed by atoms with Crippen molar-refractivity contribution in [3.8, 4) is 11.8 Å². The molecule has 2 N–H and O–H groups in total. The second-order valence-corrected chi connectivity index (χ2v) is 2.29. The summed E-state index contributed by atoms with van der Waals surface area (Å²) in [6.07, 6.45) is 4.36. The summed E-state index contributed by atoms with van der Waals surface area (Å²) < 4.78 is 0. The Morgan fingerprint density at radius 3 is 2.78 bits per heavy atom. The van der Waals surface area contributed by atoms with E-state index in [-0.39, 0.29) is 0 Å². The summed E-state index contributed by atoms with van der Waals surface area (Å²) in [5, 5.41) is 0. The van der Waals surface area contributed by atoms with Crippen LogP contribution < -0.4 is 5.73 Å². The van der Waals surface area contributed by atoms with Crippen molar-refractivity contribution in [3.05, 3.63) is 11.8 Å². The predicted octanol–water partition coefficient (Wildman–Crippen LogP) is 1.26. The Morgan fingerprint density at radius 1 is 1.67 bits per heavy atom. The fourth-order valence-electron chi connectivity index (χ4n) is 0.485. The maximum Gasteiger partial charge on any atom is 0.0784 e. The summed E-state index contributed by atoms with van der Waals surface area (Å²) in [5.41, 5.74) is 6.13. The van der Waals surface area contributed by atoms with E-state index in [0.29, 0.717) is 11.6 Å². The van der Waals surface area contributed by atoms with E-state index in [4.69, 9.17) is 5.73 Å². The topological polar surface area (TPSA) is 26.0 Å². The lowest BCUT2D eigenvalue weighted by Gasteiger charge is -1.80. The van der Waals surface area contributed by atoms with Crippen LogP contribution in [0.5, 0.6) is 0 Å². The van der Waals surface area contributed by atoms with E-state index < -0.39 is 0 Å². The lowest BCUT2D eigenvalue weighted by atomic mass is 10.3. The Balaban J connectivity index is 2.39. The van der Waals surface area contributed by atoms with Gasteiger partial charge in [-0.2, -0.15) is 0 Å². The SMILES string of the molecule is C/C=C(\N)C#CC1CC1. The zero-order chi connectivity index (χ0) is 6.69. The first-order valence-corrected chi connectivity index (χ1v) is 3.26. The Kier molecular flexibility index (Phi) is 1.79. The highest BCUT2D eigenvalue weighted by Crippen LogP contribution is 2.27. The van der Waals surface area contributed by atoms with Crippen molar-refractivity contribution >= 4 is 0 Å². The van der Waals surface area contributed by atoms with Crippen molar-refractivity contribution in [1.82, 2.24) is 0 Å². The van der Waals surface area contributed by atoms with Crippen LogP contribution in [-0.4, -0.2) is 0 Å². The maximum absolute atomic E-state index is 5.44. The highest BCUT2D eigenvalue weighted by Gasteiger charge is 2.17. The Labute approximate surface area is 55.9 Å². The first kappa shape index (κ1) is 6.22. The molecule has 0 aromatic rings. The third kappa shape index (κ3) is 2.23. The molecule has 0 amide bonds. The van der Waals surface area contributed by atoms with Gasteiger partial charge in [0.15, 0.2) is 0 Å². The second-order valence-electron chi connectivity index (χ2n) is 2.29. The van der Waals surface area contributed by atoms with Gasteiger partial charge in [0.25, 0.3) is 0 Å². The molecule has 48 valence electrons. The van der Waals surface area contributed by atoms with E-state index in [1.54, 1.807) is 0 Å². The van der Waals surface area contributed by atoms with Crippen LogP contribution in [0.4, 0.5) is 0 Å². The highest BCUT2D eigenvalue weighted by atomic mass is 14.5. The van der Waals surface area contributed by atoms with E-state index in [9.17, 15) is 0 Å². The van der Waals surface area contributed by atoms with Crippen LogP contribution >= 0.6 is 0 Å². The van der Waals surface area contributed by atoms with Gasteiger partial charge in [-0.15, -0.1) is 0 Å². The molecule has 1 rings (SSSR count). The van der Waals surface area contributed by atoms with Gasteiger partial charge < -0.3 is 5.73 Å². The van der Waals surface area contributed by atoms with Gasteiger partial charge in [0.05, 0.1) is 5.70 Å². The smallest absolute Gasteiger partial charge is 0.0784 e. The first-order chi connectivity index (χ1) is 4.33. The molecule has 0 unspecified atom stereocenters. The minimum atomic E-state index is 0.656. The molecule has 9 heavy (non-hydrogen) atoms. The van der Waals surface area contributed by atoms with Crippen LogP contribution in [0.3, 0.4) is 0 Å². The molecule has 0 bridgehead atoms. The zero-order valence-corrected chi connectivity index (χ0v) is 5.65. The van der Waals surface area contributed by atoms with Crippen molar-refractivity contribution in [1.29, 1.82) is 0 Å². The summed E-state index contributed by atoms with van der Waals surface area (Å²) in [5.74, 6) is 6.60. The fourth-order valence-corrected chi connectivity index (χ4v) is 0.485. The van der Waals surface area contributed by atoms with Gasteiger partial charge in [0, 0.05) is 5.92 Å². The van der Waals surface area contributed by atoms with Crippen molar-refractivity contribution < 1.29 is 0 Å². The normalized spacial score (nSPS) is 18.6. The molecule has 0 spiro atoms. The van der Waals surface area contributed by atoms with E-state index in [2.05, 4.69) is 11.8 Å². The lowest BCUT2D eigenvalue weighted by molar-refractivity contribution is 1.18. The largest absolute Gasteiger partial charge is 0.392 e. The van der Waals surface area contributed by atoms with E-state index in [0.717, 1.165) is 0 Å². The molecule has 1 aliphatic carbocycles. The summed E-state index contributed by atoms with van der Waals surface area (Å²) in [7, 11) is 0. The van der Waals surface area contributed by atoms with Gasteiger partial charge in [-0.1, -0.05) is 12.0 Å². The molecule has 0 aromatic heterocycles. The minimum Gasteiger partial charge on any atom is -0.392 e. The molecule has 0 saturated heterocycles. The van der Waals surface area contributed by atoms with E-state index in [1.807, 2.05) is 13.0 Å². The Hall–Kier alpha value is -0.900. The average Bonchev–Trinajstić information content (AvgIpc) is 2.65. The number of rotatable bonds is 0. The number of hydrogen-bond donors (Lipinski definition) is 1. The van der Waals surface area contributed by atoms with Gasteiger partial charge in [-0.25, -0.2) is 0 Å². The van der Waals surface area contributed by atoms with Crippen molar-refractivity contribution in [2.24, 2.45) is 11.7 Å². The third-order valence-corrected chi connectivity index (χ3v) is 1.31. The maximum atomic E-state index is 5.44. The van der Waals surface area contributed by atoms with Crippen molar-refractivity contribution in [2.45, 2.75) is 19.8 Å². The fraction of sp³-hybridized carbons (Fsp3) is 0.500. The summed E-state index contributed by atoms with van der Waals surface area (Å²) >= 11 is 0. The van der Waals surface area contributed by atoms with Gasteiger partial charge in [-0.05, 0) is 25.7 Å². The van der Waals surface area contributed by atoms with Crippen LogP contribution in [0.25, 0.3) is 0 Å². The Bertz CT molecular complexity index is 176. The molecular formula is C8H11N. The van der Waals surface area contributed by atoms with Crippen molar-refractivity contribution in [2.75, 3.05) is 0 Å². The number of nitrogens with two attached hydrogens (primary N) is 1. The van der Waals surface area contributed by atoms with Gasteiger partial charge in [0.1, 0.15) is 0 Å². The lowest BCUT2D eigenvalue weighted by Crippen LogP contribution is -1.91. The van der Waals surface area contributed by atoms with Gasteiger partial charge >= 0.3 is 0 Å². The van der Waals surface area contributed by atoms with Crippen LogP contribution in [0.15, 0.2) is 11.8 Å². The number of allylic oxidation sites excluding steroid dienone is 2. The van der Waals surface area contributed by atoms with Crippen LogP contribution in [0.2, 0.25) is 0 Å². The zero-order valence-electron chi connectivity index (χ0n) is 5.65. The quantitative estimate of drug-likeness (QED) is 0.480. The summed E-state index contributed by atoms with van der Waals surface area (Å²) in [6, 6.07) is 0. The summed E-state index contributed by atoms with van der Waals surface area (Å²) in [6.45, 7) is 1.90. The van der Waals surface area contributed by atoms with Gasteiger partial charge in [-0.3, -0.25) is 0 Å². The minimum absolute atomic E-state index is 0.656. The Morgan fingerprint density at radius 2 is 2.33 bits per heavy atom. The molecule has 0 aromatic carbocycles. The number of hydrogen-bond acceptors (Lipinski definition) is 1. The third-order valence-electron chi connectivity index (χ3n) is 1.31. The van der Waals surface area contributed by atoms with Crippen LogP contribution in [0.1, 0.15) is 19.8 Å². The van der Waals surface area contributed by atoms with E-state index >= 15 is 0 Å². The first-order valence-electron chi connectivity index (χ1n) is 3.26. The van der Waals surface area contributed by atoms with Crippen molar-refractivity contribution in [3.63, 3.8) is 0 Å². The standard InChI is InChI=1S/C8H11N/c1-2-8(9)6-5-7-3-4-7/h2,7H,3-4,9H2,1H3/b8-2-. The average molecular weight is 121 g/mol. The van der Waals surface area contributed by atoms with Crippen LogP contribution in [0, 0.1) is 17.8 Å². The molecular weight excluding hydrogens is 110 g/mol. The molecule has 1 fully saturated rings. The molecule has 1 nitrogen and oxygen atoms in total. The van der Waals surface area contributed by atoms with E-state index in [1.165, 1.54) is 12.8 Å². The molecule has 0 atom stereocenters. The second kappa shape index (κ2) is 2.59. The molecule has 0 radical (unpaired) electrons. The molecule has 1 heteroatoms. The summed E-state index contributed by atoms with van der Waals surface area (Å²) in [4.78, 5) is 0. The highest BCUT2D eigenvalue weighted by molar-refractivity contribution is 5.27.